The van der Waals surface area contributed by atoms with Gasteiger partial charge in [-0.2, -0.15) is 0 Å². The molecule has 122 valence electrons. The molecular formula is C17H34N4. The number of nitrogens with two attached hydrogens (primary N) is 1. The molecule has 2 fully saturated rings. The molecule has 0 amide bonds. The van der Waals surface area contributed by atoms with E-state index in [1.807, 2.05) is 0 Å². The third-order valence-electron chi connectivity index (χ3n) is 5.26. The van der Waals surface area contributed by atoms with Crippen molar-refractivity contribution in [3.8, 4) is 0 Å². The van der Waals surface area contributed by atoms with E-state index in [1.54, 1.807) is 0 Å². The van der Waals surface area contributed by atoms with Gasteiger partial charge in [-0.15, -0.1) is 0 Å². The van der Waals surface area contributed by atoms with Gasteiger partial charge in [0.05, 0.1) is 0 Å². The minimum atomic E-state index is 0.448. The summed E-state index contributed by atoms with van der Waals surface area (Å²) in [4.78, 5) is 7.18. The second kappa shape index (κ2) is 7.48. The van der Waals surface area contributed by atoms with Crippen LogP contribution in [0.15, 0.2) is 4.99 Å². The number of nitrogens with one attached hydrogen (secondary N) is 1. The van der Waals surface area contributed by atoms with E-state index in [4.69, 9.17) is 5.73 Å². The van der Waals surface area contributed by atoms with Crippen molar-refractivity contribution in [3.05, 3.63) is 0 Å². The summed E-state index contributed by atoms with van der Waals surface area (Å²) in [6, 6.07) is 0.636. The molecule has 1 atom stereocenters. The summed E-state index contributed by atoms with van der Waals surface area (Å²) in [5.74, 6) is 1.40. The summed E-state index contributed by atoms with van der Waals surface area (Å²) in [7, 11) is 0. The third kappa shape index (κ3) is 4.60. The molecule has 0 bridgehead atoms. The van der Waals surface area contributed by atoms with Gasteiger partial charge in [0.2, 0.25) is 0 Å². The molecule has 0 spiro atoms. The van der Waals surface area contributed by atoms with Crippen molar-refractivity contribution in [3.63, 3.8) is 0 Å². The second-order valence-electron chi connectivity index (χ2n) is 7.46. The molecule has 0 aromatic rings. The highest BCUT2D eigenvalue weighted by Crippen LogP contribution is 2.46. The zero-order valence-corrected chi connectivity index (χ0v) is 14.2. The molecular weight excluding hydrogens is 260 g/mol. The lowest BCUT2D eigenvalue weighted by Crippen LogP contribution is -2.43. The average Bonchev–Trinajstić information content (AvgIpc) is 2.86. The van der Waals surface area contributed by atoms with Crippen LogP contribution in [0.3, 0.4) is 0 Å². The Bertz CT molecular complexity index is 347. The third-order valence-corrected chi connectivity index (χ3v) is 5.26. The number of nitrogens with zero attached hydrogens (tertiary/aromatic N) is 2. The van der Waals surface area contributed by atoms with E-state index in [0.717, 1.165) is 25.6 Å². The van der Waals surface area contributed by atoms with Gasteiger partial charge in [-0.25, -0.2) is 0 Å². The van der Waals surface area contributed by atoms with Crippen LogP contribution >= 0.6 is 0 Å². The molecule has 1 saturated heterocycles. The smallest absolute Gasteiger partial charge is 0.188 e. The first-order chi connectivity index (χ1) is 10.0. The van der Waals surface area contributed by atoms with Gasteiger partial charge >= 0.3 is 0 Å². The molecule has 0 radical (unpaired) electrons. The number of likely N-dealkylation sites (N-methyl/N-ethyl adjacent to an activating group) is 1. The van der Waals surface area contributed by atoms with Gasteiger partial charge in [-0.1, -0.05) is 27.2 Å². The first kappa shape index (κ1) is 16.6. The Kier molecular flexibility index (Phi) is 5.91. The standard InChI is InChI=1S/C17H34N4/c1-4-21-10-5-7-15(21)12-19-16(18)20-13-17(8-6-9-17)11-14(2)3/h14-15H,4-13H2,1-3H3,(H3,18,19,20). The Labute approximate surface area is 130 Å². The lowest BCUT2D eigenvalue weighted by atomic mass is 9.64. The summed E-state index contributed by atoms with van der Waals surface area (Å²) >= 11 is 0. The van der Waals surface area contributed by atoms with Crippen LogP contribution in [0.1, 0.15) is 59.3 Å². The molecule has 4 nitrogen and oxygen atoms in total. The number of likely N-dealkylation sites (tertiary alicyclic amines) is 1. The summed E-state index contributed by atoms with van der Waals surface area (Å²) < 4.78 is 0. The molecule has 2 rings (SSSR count). The molecule has 0 aromatic heterocycles. The zero-order valence-electron chi connectivity index (χ0n) is 14.2. The number of hydrogen-bond acceptors (Lipinski definition) is 2. The van der Waals surface area contributed by atoms with Crippen LogP contribution in [0.5, 0.6) is 0 Å². The minimum Gasteiger partial charge on any atom is -0.370 e. The fourth-order valence-corrected chi connectivity index (χ4v) is 4.04. The largest absolute Gasteiger partial charge is 0.370 e. The van der Waals surface area contributed by atoms with Gasteiger partial charge in [0.1, 0.15) is 0 Å². The van der Waals surface area contributed by atoms with Crippen molar-refractivity contribution in [2.75, 3.05) is 26.2 Å². The summed E-state index contributed by atoms with van der Waals surface area (Å²) in [5, 5.41) is 3.35. The van der Waals surface area contributed by atoms with Crippen LogP contribution in [0.25, 0.3) is 0 Å². The van der Waals surface area contributed by atoms with Crippen molar-refractivity contribution in [1.29, 1.82) is 0 Å². The summed E-state index contributed by atoms with van der Waals surface area (Å²) in [6.45, 7) is 11.1. The fraction of sp³-hybridized carbons (Fsp3) is 0.941. The fourth-order valence-electron chi connectivity index (χ4n) is 4.04. The van der Waals surface area contributed by atoms with E-state index in [9.17, 15) is 0 Å². The van der Waals surface area contributed by atoms with Crippen LogP contribution in [0.4, 0.5) is 0 Å². The van der Waals surface area contributed by atoms with Crippen molar-refractivity contribution in [1.82, 2.24) is 10.2 Å². The van der Waals surface area contributed by atoms with Gasteiger partial charge in [-0.3, -0.25) is 9.89 Å². The predicted molar refractivity (Wildman–Crippen MR) is 90.5 cm³/mol. The van der Waals surface area contributed by atoms with E-state index in [2.05, 4.69) is 36.0 Å². The molecule has 2 aliphatic rings. The molecule has 1 aliphatic carbocycles. The van der Waals surface area contributed by atoms with E-state index < -0.39 is 0 Å². The van der Waals surface area contributed by atoms with Crippen LogP contribution in [-0.2, 0) is 0 Å². The second-order valence-corrected chi connectivity index (χ2v) is 7.46. The highest BCUT2D eigenvalue weighted by Gasteiger charge is 2.37. The van der Waals surface area contributed by atoms with Crippen molar-refractivity contribution < 1.29 is 0 Å². The maximum absolute atomic E-state index is 6.08. The molecule has 3 N–H and O–H groups in total. The predicted octanol–water partition coefficient (Wildman–Crippen LogP) is 2.59. The Morgan fingerprint density at radius 2 is 2.14 bits per heavy atom. The average molecular weight is 294 g/mol. The van der Waals surface area contributed by atoms with Gasteiger partial charge in [0, 0.05) is 19.1 Å². The highest BCUT2D eigenvalue weighted by molar-refractivity contribution is 5.77. The summed E-state index contributed by atoms with van der Waals surface area (Å²) in [6.07, 6.45) is 7.90. The maximum atomic E-state index is 6.08. The quantitative estimate of drug-likeness (QED) is 0.560. The molecule has 21 heavy (non-hydrogen) atoms. The Morgan fingerprint density at radius 1 is 1.38 bits per heavy atom. The topological polar surface area (TPSA) is 53.6 Å². The van der Waals surface area contributed by atoms with Crippen molar-refractivity contribution in [2.24, 2.45) is 22.1 Å². The Balaban J connectivity index is 1.76. The maximum Gasteiger partial charge on any atom is 0.188 e. The van der Waals surface area contributed by atoms with Crippen LogP contribution in [0.2, 0.25) is 0 Å². The monoisotopic (exact) mass is 294 g/mol. The van der Waals surface area contributed by atoms with Crippen molar-refractivity contribution in [2.45, 2.75) is 65.3 Å². The van der Waals surface area contributed by atoms with Gasteiger partial charge in [-0.05, 0) is 56.5 Å². The Morgan fingerprint density at radius 3 is 2.71 bits per heavy atom. The number of rotatable bonds is 7. The zero-order chi connectivity index (χ0) is 15.3. The molecule has 1 aliphatic heterocycles. The van der Waals surface area contributed by atoms with Gasteiger partial charge in [0.25, 0.3) is 0 Å². The first-order valence-corrected chi connectivity index (χ1v) is 8.82. The normalized spacial score (nSPS) is 26.1. The Hall–Kier alpha value is -0.770. The number of hydrogen-bond donors (Lipinski definition) is 2. The van der Waals surface area contributed by atoms with E-state index in [1.165, 1.54) is 45.1 Å². The molecule has 1 unspecified atom stereocenters. The van der Waals surface area contributed by atoms with E-state index >= 15 is 0 Å². The lowest BCUT2D eigenvalue weighted by Gasteiger charge is -2.42. The van der Waals surface area contributed by atoms with Gasteiger partial charge < -0.3 is 11.1 Å². The van der Waals surface area contributed by atoms with Crippen LogP contribution in [-0.4, -0.2) is 43.1 Å². The molecule has 4 heteroatoms. The molecule has 0 aromatic carbocycles. The molecule has 1 heterocycles. The van der Waals surface area contributed by atoms with Gasteiger partial charge in [0.15, 0.2) is 5.96 Å². The molecule has 1 saturated carbocycles. The number of aliphatic imine (C=N–C) groups is 1. The minimum absolute atomic E-state index is 0.448. The number of guanidine groups is 1. The lowest BCUT2D eigenvalue weighted by molar-refractivity contribution is 0.111. The van der Waals surface area contributed by atoms with Crippen LogP contribution < -0.4 is 11.1 Å². The SMILES string of the molecule is CCN1CCCC1CNC(N)=NCC1(CC(C)C)CCC1. The first-order valence-electron chi connectivity index (χ1n) is 8.82. The van der Waals surface area contributed by atoms with Crippen LogP contribution in [0, 0.1) is 11.3 Å². The van der Waals surface area contributed by atoms with E-state index in [0.29, 0.717) is 17.4 Å². The highest BCUT2D eigenvalue weighted by atomic mass is 15.2. The summed E-state index contributed by atoms with van der Waals surface area (Å²) in [5.41, 5.74) is 6.52. The van der Waals surface area contributed by atoms with E-state index in [-0.39, 0.29) is 0 Å². The van der Waals surface area contributed by atoms with Crippen molar-refractivity contribution >= 4 is 5.96 Å².